The van der Waals surface area contributed by atoms with E-state index in [0.29, 0.717) is 22.3 Å². The molecule has 0 N–H and O–H groups in total. The van der Waals surface area contributed by atoms with Crippen LogP contribution in [0.2, 0.25) is 0 Å². The molecule has 1 heterocycles. The summed E-state index contributed by atoms with van der Waals surface area (Å²) in [5.74, 6) is 0. The van der Waals surface area contributed by atoms with Crippen LogP contribution in [0.3, 0.4) is 0 Å². The van der Waals surface area contributed by atoms with Crippen molar-refractivity contribution in [3.63, 3.8) is 0 Å². The lowest BCUT2D eigenvalue weighted by molar-refractivity contribution is -0.137. The van der Waals surface area contributed by atoms with Crippen LogP contribution in [-0.2, 0) is 13.2 Å². The Morgan fingerprint density at radius 1 is 1.00 bits per heavy atom. The molecule has 0 aliphatic carbocycles. The van der Waals surface area contributed by atoms with Crippen molar-refractivity contribution in [1.82, 2.24) is 9.55 Å². The average Bonchev–Trinajstić information content (AvgIpc) is 2.52. The van der Waals surface area contributed by atoms with Gasteiger partial charge in [0.25, 0.3) is 5.56 Å². The van der Waals surface area contributed by atoms with Gasteiger partial charge in [-0.25, -0.2) is 4.98 Å². The van der Waals surface area contributed by atoms with Crippen LogP contribution in [0.5, 0.6) is 0 Å². The zero-order valence-corrected chi connectivity index (χ0v) is 12.5. The standard InChI is InChI=1S/C17H13F3N2O/c1-10-16(23)22(2)15-9-12(5-8-14(15)21-10)11-3-6-13(7-4-11)17(18,19)20/h3-9H,1-2H3. The van der Waals surface area contributed by atoms with E-state index >= 15 is 0 Å². The maximum atomic E-state index is 12.6. The lowest BCUT2D eigenvalue weighted by atomic mass is 10.0. The van der Waals surface area contributed by atoms with E-state index in [2.05, 4.69) is 4.98 Å². The third-order valence-corrected chi connectivity index (χ3v) is 3.78. The van der Waals surface area contributed by atoms with E-state index < -0.39 is 11.7 Å². The van der Waals surface area contributed by atoms with E-state index in [1.807, 2.05) is 0 Å². The summed E-state index contributed by atoms with van der Waals surface area (Å²) in [4.78, 5) is 16.2. The molecule has 0 atom stereocenters. The van der Waals surface area contributed by atoms with E-state index in [9.17, 15) is 18.0 Å². The van der Waals surface area contributed by atoms with Gasteiger partial charge < -0.3 is 4.57 Å². The second kappa shape index (κ2) is 5.22. The molecular weight excluding hydrogens is 305 g/mol. The number of fused-ring (bicyclic) bond motifs is 1. The van der Waals surface area contributed by atoms with Crippen LogP contribution in [0, 0.1) is 6.92 Å². The number of nitrogens with zero attached hydrogens (tertiary/aromatic N) is 2. The Kier molecular flexibility index (Phi) is 3.47. The molecule has 0 fully saturated rings. The molecule has 0 saturated heterocycles. The van der Waals surface area contributed by atoms with E-state index in [4.69, 9.17) is 0 Å². The number of halogens is 3. The lowest BCUT2D eigenvalue weighted by Gasteiger charge is -2.10. The van der Waals surface area contributed by atoms with Crippen molar-refractivity contribution >= 4 is 11.0 Å². The Morgan fingerprint density at radius 3 is 2.22 bits per heavy atom. The van der Waals surface area contributed by atoms with Crippen molar-refractivity contribution in [3.8, 4) is 11.1 Å². The van der Waals surface area contributed by atoms with Crippen molar-refractivity contribution < 1.29 is 13.2 Å². The quantitative estimate of drug-likeness (QED) is 0.681. The van der Waals surface area contributed by atoms with Gasteiger partial charge in [0.05, 0.1) is 16.6 Å². The Hall–Kier alpha value is -2.63. The number of hydrogen-bond donors (Lipinski definition) is 0. The summed E-state index contributed by atoms with van der Waals surface area (Å²) in [6, 6.07) is 10.2. The first-order valence-corrected chi connectivity index (χ1v) is 6.92. The maximum absolute atomic E-state index is 12.6. The zero-order valence-electron chi connectivity index (χ0n) is 12.5. The van der Waals surface area contributed by atoms with Crippen LogP contribution >= 0.6 is 0 Å². The SMILES string of the molecule is Cc1nc2ccc(-c3ccc(C(F)(F)F)cc3)cc2n(C)c1=O. The highest BCUT2D eigenvalue weighted by Crippen LogP contribution is 2.31. The normalized spacial score (nSPS) is 11.9. The van der Waals surface area contributed by atoms with Crippen LogP contribution in [0.1, 0.15) is 11.3 Å². The molecule has 3 nitrogen and oxygen atoms in total. The molecule has 0 unspecified atom stereocenters. The van der Waals surface area contributed by atoms with Crippen LogP contribution in [-0.4, -0.2) is 9.55 Å². The molecule has 0 bridgehead atoms. The van der Waals surface area contributed by atoms with Gasteiger partial charge in [-0.15, -0.1) is 0 Å². The summed E-state index contributed by atoms with van der Waals surface area (Å²) in [5.41, 5.74) is 2.20. The molecule has 3 rings (SSSR count). The van der Waals surface area contributed by atoms with Crippen molar-refractivity contribution in [3.05, 3.63) is 64.1 Å². The largest absolute Gasteiger partial charge is 0.416 e. The fraction of sp³-hybridized carbons (Fsp3) is 0.176. The molecule has 0 radical (unpaired) electrons. The highest BCUT2D eigenvalue weighted by Gasteiger charge is 2.29. The predicted molar refractivity (Wildman–Crippen MR) is 82.2 cm³/mol. The Balaban J connectivity index is 2.12. The summed E-state index contributed by atoms with van der Waals surface area (Å²) in [5, 5.41) is 0. The smallest absolute Gasteiger partial charge is 0.308 e. The van der Waals surface area contributed by atoms with Gasteiger partial charge in [0, 0.05) is 7.05 Å². The molecule has 1 aromatic heterocycles. The number of aryl methyl sites for hydroxylation is 2. The third kappa shape index (κ3) is 2.72. The minimum atomic E-state index is -4.35. The van der Waals surface area contributed by atoms with Gasteiger partial charge in [0.15, 0.2) is 0 Å². The lowest BCUT2D eigenvalue weighted by Crippen LogP contribution is -2.21. The van der Waals surface area contributed by atoms with E-state index in [1.54, 1.807) is 32.2 Å². The van der Waals surface area contributed by atoms with E-state index in [-0.39, 0.29) is 5.56 Å². The van der Waals surface area contributed by atoms with Crippen LogP contribution in [0.25, 0.3) is 22.2 Å². The molecule has 6 heteroatoms. The van der Waals surface area contributed by atoms with Gasteiger partial charge in [0.1, 0.15) is 5.69 Å². The predicted octanol–water partition coefficient (Wildman–Crippen LogP) is 3.93. The first kappa shape index (κ1) is 15.3. The molecule has 23 heavy (non-hydrogen) atoms. The summed E-state index contributed by atoms with van der Waals surface area (Å²) in [7, 11) is 1.65. The van der Waals surface area contributed by atoms with Crippen molar-refractivity contribution in [2.45, 2.75) is 13.1 Å². The summed E-state index contributed by atoms with van der Waals surface area (Å²) in [6.07, 6.45) is -4.35. The maximum Gasteiger partial charge on any atom is 0.416 e. The molecule has 118 valence electrons. The zero-order chi connectivity index (χ0) is 16.8. The average molecular weight is 318 g/mol. The molecule has 0 spiro atoms. The van der Waals surface area contributed by atoms with E-state index in [1.165, 1.54) is 16.7 Å². The van der Waals surface area contributed by atoms with Gasteiger partial charge >= 0.3 is 6.18 Å². The number of hydrogen-bond acceptors (Lipinski definition) is 2. The topological polar surface area (TPSA) is 34.9 Å². The minimum Gasteiger partial charge on any atom is -0.308 e. The highest BCUT2D eigenvalue weighted by atomic mass is 19.4. The fourth-order valence-electron chi connectivity index (χ4n) is 2.50. The second-order valence-corrected chi connectivity index (χ2v) is 5.34. The number of alkyl halides is 3. The molecule has 0 saturated carbocycles. The number of aromatic nitrogens is 2. The third-order valence-electron chi connectivity index (χ3n) is 3.78. The Bertz CT molecular complexity index is 941. The van der Waals surface area contributed by atoms with Gasteiger partial charge in [-0.2, -0.15) is 13.2 Å². The van der Waals surface area contributed by atoms with Gasteiger partial charge in [-0.1, -0.05) is 18.2 Å². The number of rotatable bonds is 1. The monoisotopic (exact) mass is 318 g/mol. The molecular formula is C17H13F3N2O. The molecule has 3 aromatic rings. The Morgan fingerprint density at radius 2 is 1.61 bits per heavy atom. The van der Waals surface area contributed by atoms with Gasteiger partial charge in [-0.05, 0) is 42.3 Å². The first-order valence-electron chi connectivity index (χ1n) is 6.92. The van der Waals surface area contributed by atoms with Crippen LogP contribution in [0.15, 0.2) is 47.3 Å². The molecule has 0 aliphatic rings. The van der Waals surface area contributed by atoms with Gasteiger partial charge in [0.2, 0.25) is 0 Å². The van der Waals surface area contributed by atoms with Crippen molar-refractivity contribution in [1.29, 1.82) is 0 Å². The summed E-state index contributed by atoms with van der Waals surface area (Å²) < 4.78 is 39.3. The Labute approximate surface area is 130 Å². The first-order chi connectivity index (χ1) is 10.8. The van der Waals surface area contributed by atoms with Crippen molar-refractivity contribution in [2.75, 3.05) is 0 Å². The second-order valence-electron chi connectivity index (χ2n) is 5.34. The van der Waals surface area contributed by atoms with E-state index in [0.717, 1.165) is 17.7 Å². The minimum absolute atomic E-state index is 0.193. The van der Waals surface area contributed by atoms with Gasteiger partial charge in [-0.3, -0.25) is 4.79 Å². The van der Waals surface area contributed by atoms with Crippen molar-refractivity contribution in [2.24, 2.45) is 7.05 Å². The molecule has 0 amide bonds. The van der Waals surface area contributed by atoms with Crippen LogP contribution < -0.4 is 5.56 Å². The molecule has 0 aliphatic heterocycles. The van der Waals surface area contributed by atoms with Crippen LogP contribution in [0.4, 0.5) is 13.2 Å². The highest BCUT2D eigenvalue weighted by molar-refractivity contribution is 5.81. The molecule has 2 aromatic carbocycles. The fourth-order valence-corrected chi connectivity index (χ4v) is 2.50. The summed E-state index contributed by atoms with van der Waals surface area (Å²) in [6.45, 7) is 1.64. The summed E-state index contributed by atoms with van der Waals surface area (Å²) >= 11 is 0. The number of benzene rings is 2.